The van der Waals surface area contributed by atoms with Crippen molar-refractivity contribution in [3.63, 3.8) is 0 Å². The number of benzene rings is 3. The summed E-state index contributed by atoms with van der Waals surface area (Å²) in [4.78, 5) is 12.3. The van der Waals surface area contributed by atoms with Crippen LogP contribution in [-0.2, 0) is 40.1 Å². The van der Waals surface area contributed by atoms with Gasteiger partial charge in [-0.15, -0.1) is 0 Å². The number of carbonyl (C=O) groups excluding carboxylic acids is 1. The molecule has 3 heteroatoms. The van der Waals surface area contributed by atoms with Gasteiger partial charge in [-0.05, 0) is 69.5 Å². The number of rotatable bonds is 7. The molecule has 2 aliphatic rings. The van der Waals surface area contributed by atoms with Crippen LogP contribution in [0, 0.1) is 0 Å². The van der Waals surface area contributed by atoms with E-state index in [1.54, 1.807) is 7.11 Å². The second-order valence-corrected chi connectivity index (χ2v) is 8.48. The molecule has 0 spiro atoms. The molecule has 3 aromatic carbocycles. The molecule has 0 radical (unpaired) electrons. The first-order valence-electron chi connectivity index (χ1n) is 10.8. The summed E-state index contributed by atoms with van der Waals surface area (Å²) >= 11 is 0. The van der Waals surface area contributed by atoms with E-state index in [2.05, 4.69) is 49.0 Å². The van der Waals surface area contributed by atoms with E-state index in [4.69, 9.17) is 9.47 Å². The van der Waals surface area contributed by atoms with Gasteiger partial charge < -0.3 is 9.47 Å². The summed E-state index contributed by atoms with van der Waals surface area (Å²) in [5.41, 5.74) is 8.04. The average Bonchev–Trinajstić information content (AvgIpc) is 2.74. The molecule has 0 saturated heterocycles. The number of ether oxygens (including phenoxy) is 2. The van der Waals surface area contributed by atoms with Crippen molar-refractivity contribution >= 4 is 22.8 Å². The Hall–Kier alpha value is -3.17. The Morgan fingerprint density at radius 3 is 2.58 bits per heavy atom. The summed E-state index contributed by atoms with van der Waals surface area (Å²) in [5.74, 6) is -0.347. The highest BCUT2D eigenvalue weighted by Gasteiger charge is 2.25. The van der Waals surface area contributed by atoms with Gasteiger partial charge in [0.25, 0.3) is 0 Å². The Labute approximate surface area is 183 Å². The Balaban J connectivity index is 1.14. The molecule has 0 amide bonds. The zero-order valence-electron chi connectivity index (χ0n) is 17.8. The minimum absolute atomic E-state index is 0.206. The lowest BCUT2D eigenvalue weighted by atomic mass is 9.84. The molecule has 3 nitrogen and oxygen atoms in total. The first kappa shape index (κ1) is 19.8. The topological polar surface area (TPSA) is 35.5 Å². The van der Waals surface area contributed by atoms with Crippen LogP contribution in [-0.4, -0.2) is 13.1 Å². The van der Waals surface area contributed by atoms with Crippen molar-refractivity contribution in [3.05, 3.63) is 100 Å². The maximum absolute atomic E-state index is 12.3. The highest BCUT2D eigenvalue weighted by molar-refractivity contribution is 5.89. The van der Waals surface area contributed by atoms with Gasteiger partial charge in [0.15, 0.2) is 0 Å². The van der Waals surface area contributed by atoms with Crippen LogP contribution in [0.2, 0.25) is 0 Å². The number of fused-ring (bicyclic) bond motifs is 3. The van der Waals surface area contributed by atoms with Gasteiger partial charge in [0.2, 0.25) is 0 Å². The van der Waals surface area contributed by atoms with Gasteiger partial charge in [-0.25, -0.2) is 4.79 Å². The van der Waals surface area contributed by atoms with Gasteiger partial charge in [0, 0.05) is 19.1 Å². The standard InChI is InChI=1S/C28H26O3/c1-18(28(29)31-17-20-7-11-26-25(13-20)16-27(26)30-2)4-3-5-19-6-8-23-14-21-9-10-22(21)15-24(23)12-19/h3,5-8,11-15,27H,1,4,9-10,16-17H2,2H3/b5-3-. The van der Waals surface area contributed by atoms with E-state index in [9.17, 15) is 4.79 Å². The molecule has 0 aromatic heterocycles. The Morgan fingerprint density at radius 2 is 1.84 bits per heavy atom. The lowest BCUT2D eigenvalue weighted by Crippen LogP contribution is -2.19. The van der Waals surface area contributed by atoms with Crippen molar-refractivity contribution < 1.29 is 14.3 Å². The summed E-state index contributed by atoms with van der Waals surface area (Å²) in [6.07, 6.45) is 8.00. The lowest BCUT2D eigenvalue weighted by Gasteiger charge is -2.29. The van der Waals surface area contributed by atoms with Crippen LogP contribution in [0.4, 0.5) is 0 Å². The molecule has 31 heavy (non-hydrogen) atoms. The maximum atomic E-state index is 12.3. The van der Waals surface area contributed by atoms with E-state index >= 15 is 0 Å². The van der Waals surface area contributed by atoms with E-state index < -0.39 is 0 Å². The Morgan fingerprint density at radius 1 is 1.03 bits per heavy atom. The number of methoxy groups -OCH3 is 1. The molecule has 0 fully saturated rings. The minimum Gasteiger partial charge on any atom is -0.457 e. The zero-order chi connectivity index (χ0) is 21.4. The van der Waals surface area contributed by atoms with E-state index in [0.29, 0.717) is 12.0 Å². The molecular weight excluding hydrogens is 384 g/mol. The third-order valence-corrected chi connectivity index (χ3v) is 6.42. The first-order chi connectivity index (χ1) is 15.1. The SMILES string of the molecule is C=C(C/C=C\c1ccc2cc3c(cc2c1)CC3)C(=O)OCc1ccc2c(c1)CC2OC. The van der Waals surface area contributed by atoms with Crippen LogP contribution in [0.25, 0.3) is 16.8 Å². The summed E-state index contributed by atoms with van der Waals surface area (Å²) in [7, 11) is 1.73. The zero-order valence-corrected chi connectivity index (χ0v) is 17.8. The fourth-order valence-corrected chi connectivity index (χ4v) is 4.37. The summed E-state index contributed by atoms with van der Waals surface area (Å²) in [6.45, 7) is 4.16. The van der Waals surface area contributed by atoms with Gasteiger partial charge in [0.1, 0.15) is 6.61 Å². The van der Waals surface area contributed by atoms with Gasteiger partial charge in [-0.1, -0.05) is 61.2 Å². The first-order valence-corrected chi connectivity index (χ1v) is 10.8. The predicted octanol–water partition coefficient (Wildman–Crippen LogP) is 5.88. The summed E-state index contributed by atoms with van der Waals surface area (Å²) in [5, 5.41) is 2.56. The van der Waals surface area contributed by atoms with E-state index in [-0.39, 0.29) is 18.7 Å². The summed E-state index contributed by atoms with van der Waals surface area (Å²) < 4.78 is 10.8. The average molecular weight is 411 g/mol. The highest BCUT2D eigenvalue weighted by atomic mass is 16.5. The predicted molar refractivity (Wildman–Crippen MR) is 124 cm³/mol. The molecule has 0 aliphatic heterocycles. The van der Waals surface area contributed by atoms with Crippen molar-refractivity contribution in [1.29, 1.82) is 0 Å². The number of esters is 1. The molecule has 3 aromatic rings. The van der Waals surface area contributed by atoms with E-state index in [0.717, 1.165) is 17.5 Å². The fourth-order valence-electron chi connectivity index (χ4n) is 4.37. The molecule has 0 bridgehead atoms. The number of aryl methyl sites for hydroxylation is 2. The van der Waals surface area contributed by atoms with E-state index in [1.165, 1.54) is 45.9 Å². The van der Waals surface area contributed by atoms with Gasteiger partial charge in [0.05, 0.1) is 6.10 Å². The van der Waals surface area contributed by atoms with Crippen LogP contribution in [0.3, 0.4) is 0 Å². The van der Waals surface area contributed by atoms with Crippen molar-refractivity contribution in [3.8, 4) is 0 Å². The largest absolute Gasteiger partial charge is 0.457 e. The molecule has 1 unspecified atom stereocenters. The van der Waals surface area contributed by atoms with Crippen molar-refractivity contribution in [2.75, 3.05) is 7.11 Å². The third-order valence-electron chi connectivity index (χ3n) is 6.42. The van der Waals surface area contributed by atoms with Gasteiger partial charge in [-0.2, -0.15) is 0 Å². The third kappa shape index (κ3) is 3.94. The monoisotopic (exact) mass is 410 g/mol. The maximum Gasteiger partial charge on any atom is 0.334 e. The second kappa shape index (κ2) is 8.16. The number of hydrogen-bond donors (Lipinski definition) is 0. The van der Waals surface area contributed by atoms with Crippen molar-refractivity contribution in [2.45, 2.75) is 38.4 Å². The molecular formula is C28H26O3. The van der Waals surface area contributed by atoms with E-state index in [1.807, 2.05) is 18.2 Å². The Kier molecular flexibility index (Phi) is 5.21. The van der Waals surface area contributed by atoms with Crippen molar-refractivity contribution in [1.82, 2.24) is 0 Å². The fraction of sp³-hybridized carbons (Fsp3) is 0.250. The summed E-state index contributed by atoms with van der Waals surface area (Å²) in [6, 6.07) is 17.2. The van der Waals surface area contributed by atoms with Crippen LogP contribution in [0.15, 0.2) is 66.8 Å². The van der Waals surface area contributed by atoms with Crippen LogP contribution >= 0.6 is 0 Å². The van der Waals surface area contributed by atoms with Crippen LogP contribution in [0.1, 0.15) is 45.9 Å². The second-order valence-electron chi connectivity index (χ2n) is 8.48. The smallest absolute Gasteiger partial charge is 0.334 e. The minimum atomic E-state index is -0.347. The van der Waals surface area contributed by atoms with Gasteiger partial charge >= 0.3 is 5.97 Å². The highest BCUT2D eigenvalue weighted by Crippen LogP contribution is 2.36. The molecule has 1 atom stereocenters. The van der Waals surface area contributed by atoms with Gasteiger partial charge in [-0.3, -0.25) is 0 Å². The molecule has 156 valence electrons. The molecule has 0 saturated carbocycles. The number of carbonyl (C=O) groups is 1. The normalized spacial score (nSPS) is 16.4. The molecule has 0 heterocycles. The number of allylic oxidation sites excluding steroid dienone is 1. The quantitative estimate of drug-likeness (QED) is 0.360. The van der Waals surface area contributed by atoms with Crippen LogP contribution in [0.5, 0.6) is 0 Å². The molecule has 2 aliphatic carbocycles. The van der Waals surface area contributed by atoms with Crippen LogP contribution < -0.4 is 0 Å². The molecule has 0 N–H and O–H groups in total. The van der Waals surface area contributed by atoms with Crippen molar-refractivity contribution in [2.24, 2.45) is 0 Å². The molecule has 5 rings (SSSR count). The number of hydrogen-bond acceptors (Lipinski definition) is 3. The Bertz CT molecular complexity index is 1220. The lowest BCUT2D eigenvalue weighted by molar-refractivity contribution is -0.140.